The Morgan fingerprint density at radius 2 is 2.05 bits per heavy atom. The molecule has 1 fully saturated rings. The van der Waals surface area contributed by atoms with E-state index in [1.165, 1.54) is 22.5 Å². The second-order valence-corrected chi connectivity index (χ2v) is 7.09. The van der Waals surface area contributed by atoms with Gasteiger partial charge in [0.25, 0.3) is 0 Å². The lowest BCUT2D eigenvalue weighted by Crippen LogP contribution is -2.40. The van der Waals surface area contributed by atoms with Gasteiger partial charge < -0.3 is 10.5 Å². The van der Waals surface area contributed by atoms with Crippen LogP contribution in [0.15, 0.2) is 23.1 Å². The molecule has 20 heavy (non-hydrogen) atoms. The van der Waals surface area contributed by atoms with E-state index in [4.69, 9.17) is 22.1 Å². The minimum absolute atomic E-state index is 0.154. The zero-order valence-electron chi connectivity index (χ0n) is 11.4. The number of piperidine rings is 1. The average molecular weight is 319 g/mol. The summed E-state index contributed by atoms with van der Waals surface area (Å²) in [5, 5.41) is 0.260. The number of benzene rings is 1. The van der Waals surface area contributed by atoms with Crippen LogP contribution >= 0.6 is 11.6 Å². The molecule has 5 nitrogen and oxygen atoms in total. The normalized spacial score (nSPS) is 18.3. The SMILES string of the molecule is CCOC1CCN(S(=O)(=O)c2ccc(N)c(Cl)c2)CC1. The average Bonchev–Trinajstić information content (AvgIpc) is 2.43. The highest BCUT2D eigenvalue weighted by Gasteiger charge is 2.29. The molecule has 0 bridgehead atoms. The Labute approximate surface area is 124 Å². The third kappa shape index (κ3) is 3.25. The molecule has 2 N–H and O–H groups in total. The summed E-state index contributed by atoms with van der Waals surface area (Å²) in [6.45, 7) is 3.54. The Hall–Kier alpha value is -0.820. The molecule has 0 spiro atoms. The third-order valence-electron chi connectivity index (χ3n) is 3.41. The molecule has 1 saturated heterocycles. The Morgan fingerprint density at radius 1 is 1.40 bits per heavy atom. The van der Waals surface area contributed by atoms with Gasteiger partial charge in [-0.15, -0.1) is 0 Å². The zero-order valence-corrected chi connectivity index (χ0v) is 13.0. The van der Waals surface area contributed by atoms with E-state index < -0.39 is 10.0 Å². The van der Waals surface area contributed by atoms with Gasteiger partial charge in [-0.1, -0.05) is 11.6 Å². The molecule has 1 aromatic rings. The predicted octanol–water partition coefficient (Wildman–Crippen LogP) is 2.11. The van der Waals surface area contributed by atoms with Crippen molar-refractivity contribution in [1.29, 1.82) is 0 Å². The van der Waals surface area contributed by atoms with Crippen LogP contribution in [0.25, 0.3) is 0 Å². The fourth-order valence-electron chi connectivity index (χ4n) is 2.29. The molecule has 1 heterocycles. The lowest BCUT2D eigenvalue weighted by molar-refractivity contribution is 0.0290. The van der Waals surface area contributed by atoms with Gasteiger partial charge in [-0.25, -0.2) is 8.42 Å². The fourth-order valence-corrected chi connectivity index (χ4v) is 4.03. The highest BCUT2D eigenvalue weighted by Crippen LogP contribution is 2.26. The molecule has 7 heteroatoms. The van der Waals surface area contributed by atoms with Crippen molar-refractivity contribution < 1.29 is 13.2 Å². The minimum Gasteiger partial charge on any atom is -0.398 e. The molecule has 1 aliphatic rings. The van der Waals surface area contributed by atoms with Crippen molar-refractivity contribution in [3.05, 3.63) is 23.2 Å². The second kappa shape index (κ2) is 6.30. The molecule has 0 aliphatic carbocycles. The van der Waals surface area contributed by atoms with Gasteiger partial charge >= 0.3 is 0 Å². The summed E-state index contributed by atoms with van der Waals surface area (Å²) in [5.74, 6) is 0. The quantitative estimate of drug-likeness (QED) is 0.863. The number of nitrogen functional groups attached to an aromatic ring is 1. The van der Waals surface area contributed by atoms with Gasteiger partial charge in [0.05, 0.1) is 21.7 Å². The summed E-state index contributed by atoms with van der Waals surface area (Å²) in [5.41, 5.74) is 5.98. The summed E-state index contributed by atoms with van der Waals surface area (Å²) in [6.07, 6.45) is 1.59. The van der Waals surface area contributed by atoms with Crippen LogP contribution in [-0.2, 0) is 14.8 Å². The van der Waals surface area contributed by atoms with Crippen LogP contribution in [0.3, 0.4) is 0 Å². The van der Waals surface area contributed by atoms with Crippen LogP contribution in [0.2, 0.25) is 5.02 Å². The van der Waals surface area contributed by atoms with Gasteiger partial charge in [0.15, 0.2) is 0 Å². The Balaban J connectivity index is 2.13. The third-order valence-corrected chi connectivity index (χ3v) is 5.63. The molecule has 0 radical (unpaired) electrons. The van der Waals surface area contributed by atoms with E-state index in [9.17, 15) is 8.42 Å². The van der Waals surface area contributed by atoms with E-state index in [1.54, 1.807) is 0 Å². The van der Waals surface area contributed by atoms with Crippen LogP contribution in [-0.4, -0.2) is 38.5 Å². The maximum absolute atomic E-state index is 12.5. The first-order chi connectivity index (χ1) is 9.45. The van der Waals surface area contributed by atoms with Crippen molar-refractivity contribution in [3.63, 3.8) is 0 Å². The van der Waals surface area contributed by atoms with Gasteiger partial charge in [-0.2, -0.15) is 4.31 Å². The number of hydrogen-bond donors (Lipinski definition) is 1. The molecule has 0 aromatic heterocycles. The summed E-state index contributed by atoms with van der Waals surface area (Å²) in [7, 11) is -3.50. The van der Waals surface area contributed by atoms with Gasteiger partial charge in [-0.3, -0.25) is 0 Å². The van der Waals surface area contributed by atoms with Crippen LogP contribution in [0.4, 0.5) is 5.69 Å². The topological polar surface area (TPSA) is 72.6 Å². The molecule has 0 amide bonds. The lowest BCUT2D eigenvalue weighted by Gasteiger charge is -2.31. The second-order valence-electron chi connectivity index (χ2n) is 4.74. The van der Waals surface area contributed by atoms with Crippen molar-refractivity contribution in [3.8, 4) is 0 Å². The number of sulfonamides is 1. The molecule has 0 unspecified atom stereocenters. The maximum Gasteiger partial charge on any atom is 0.243 e. The number of halogens is 1. The van der Waals surface area contributed by atoms with Gasteiger partial charge in [-0.05, 0) is 38.0 Å². The number of rotatable bonds is 4. The van der Waals surface area contributed by atoms with Gasteiger partial charge in [0.1, 0.15) is 0 Å². The minimum atomic E-state index is -3.50. The molecule has 1 aromatic carbocycles. The Morgan fingerprint density at radius 3 is 2.60 bits per heavy atom. The van der Waals surface area contributed by atoms with E-state index >= 15 is 0 Å². The number of hydrogen-bond acceptors (Lipinski definition) is 4. The molecule has 0 saturated carbocycles. The summed E-state index contributed by atoms with van der Waals surface area (Å²) < 4.78 is 32.0. The molecule has 1 aliphatic heterocycles. The number of nitrogens with zero attached hydrogens (tertiary/aromatic N) is 1. The first kappa shape index (κ1) is 15.6. The van der Waals surface area contributed by atoms with Gasteiger partial charge in [0.2, 0.25) is 10.0 Å². The first-order valence-electron chi connectivity index (χ1n) is 6.62. The fraction of sp³-hybridized carbons (Fsp3) is 0.538. The molecular weight excluding hydrogens is 300 g/mol. The summed E-state index contributed by atoms with van der Waals surface area (Å²) in [6, 6.07) is 4.41. The monoisotopic (exact) mass is 318 g/mol. The van der Waals surface area contributed by atoms with Crippen molar-refractivity contribution in [1.82, 2.24) is 4.31 Å². The van der Waals surface area contributed by atoms with E-state index in [1.807, 2.05) is 6.92 Å². The summed E-state index contributed by atoms with van der Waals surface area (Å²) >= 11 is 5.90. The van der Waals surface area contributed by atoms with E-state index in [-0.39, 0.29) is 16.0 Å². The Bertz CT molecular complexity index is 569. The largest absolute Gasteiger partial charge is 0.398 e. The van der Waals surface area contributed by atoms with Crippen LogP contribution in [0.5, 0.6) is 0 Å². The van der Waals surface area contributed by atoms with Crippen LogP contribution < -0.4 is 5.73 Å². The van der Waals surface area contributed by atoms with Crippen molar-refractivity contribution in [2.45, 2.75) is 30.8 Å². The smallest absolute Gasteiger partial charge is 0.243 e. The number of anilines is 1. The highest BCUT2D eigenvalue weighted by atomic mass is 35.5. The first-order valence-corrected chi connectivity index (χ1v) is 8.43. The molecule has 0 atom stereocenters. The standard InChI is InChI=1S/C13H19ClN2O3S/c1-2-19-10-5-7-16(8-6-10)20(17,18)11-3-4-13(15)12(14)9-11/h3-4,9-10H,2,5-8,15H2,1H3. The van der Waals surface area contributed by atoms with Crippen LogP contribution in [0.1, 0.15) is 19.8 Å². The van der Waals surface area contributed by atoms with Gasteiger partial charge in [0, 0.05) is 19.7 Å². The number of nitrogens with two attached hydrogens (primary N) is 1. The highest BCUT2D eigenvalue weighted by molar-refractivity contribution is 7.89. The molecule has 112 valence electrons. The lowest BCUT2D eigenvalue weighted by atomic mass is 10.1. The predicted molar refractivity (Wildman–Crippen MR) is 79.3 cm³/mol. The van der Waals surface area contributed by atoms with Crippen LogP contribution in [0, 0.1) is 0 Å². The van der Waals surface area contributed by atoms with E-state index in [2.05, 4.69) is 0 Å². The zero-order chi connectivity index (χ0) is 14.8. The molecular formula is C13H19ClN2O3S. The van der Waals surface area contributed by atoms with Crippen molar-refractivity contribution in [2.24, 2.45) is 0 Å². The van der Waals surface area contributed by atoms with E-state index in [0.29, 0.717) is 25.4 Å². The summed E-state index contributed by atoms with van der Waals surface area (Å²) in [4.78, 5) is 0.187. The van der Waals surface area contributed by atoms with Crippen molar-refractivity contribution >= 4 is 27.3 Å². The Kier molecular flexibility index (Phi) is 4.90. The van der Waals surface area contributed by atoms with Crippen molar-refractivity contribution in [2.75, 3.05) is 25.4 Å². The van der Waals surface area contributed by atoms with E-state index in [0.717, 1.165) is 12.8 Å². The molecule has 2 rings (SSSR count). The maximum atomic E-state index is 12.5. The number of ether oxygens (including phenoxy) is 1.